The zero-order valence-electron chi connectivity index (χ0n) is 28.0. The van der Waals surface area contributed by atoms with Crippen LogP contribution in [0.15, 0.2) is 170 Å². The maximum absolute atomic E-state index is 2.51. The van der Waals surface area contributed by atoms with E-state index in [9.17, 15) is 0 Å². The van der Waals surface area contributed by atoms with Crippen molar-refractivity contribution in [1.82, 2.24) is 0 Å². The zero-order chi connectivity index (χ0) is 33.5. The lowest BCUT2D eigenvalue weighted by atomic mass is 9.70. The first-order chi connectivity index (χ1) is 25.3. The molecule has 3 aliphatic rings. The minimum absolute atomic E-state index is 0.392. The van der Waals surface area contributed by atoms with Crippen LogP contribution in [0, 0.1) is 0 Å². The summed E-state index contributed by atoms with van der Waals surface area (Å²) in [6.45, 7) is 0. The number of aryl methyl sites for hydroxylation is 1. The Morgan fingerprint density at radius 3 is 1.76 bits per heavy atom. The Labute approximate surface area is 302 Å². The SMILES string of the molecule is C1=Cc2sc3c(N(c4ccc(-c5ccccc5)cc4)c4ccc5c(c4)C4(c6ccccc6-c6ccccc64)c4ccccc4-5)cccc3c2CC1. The van der Waals surface area contributed by atoms with Crippen LogP contribution in [0.1, 0.15) is 39.1 Å². The van der Waals surface area contributed by atoms with Crippen LogP contribution in [-0.2, 0) is 11.8 Å². The molecule has 0 unspecified atom stereocenters. The average molecular weight is 668 g/mol. The number of anilines is 3. The van der Waals surface area contributed by atoms with Gasteiger partial charge in [0.1, 0.15) is 0 Å². The quantitative estimate of drug-likeness (QED) is 0.181. The van der Waals surface area contributed by atoms with Crippen LogP contribution >= 0.6 is 11.3 Å². The molecule has 0 radical (unpaired) electrons. The van der Waals surface area contributed by atoms with E-state index in [0.717, 1.165) is 18.5 Å². The minimum Gasteiger partial charge on any atom is -0.309 e. The smallest absolute Gasteiger partial charge is 0.0726 e. The molecule has 0 saturated heterocycles. The van der Waals surface area contributed by atoms with Crippen molar-refractivity contribution >= 4 is 44.6 Å². The van der Waals surface area contributed by atoms with Crippen LogP contribution < -0.4 is 4.90 Å². The number of nitrogens with zero attached hydrogens (tertiary/aromatic N) is 1. The third kappa shape index (κ3) is 4.03. The summed E-state index contributed by atoms with van der Waals surface area (Å²) in [5.41, 5.74) is 17.8. The summed E-state index contributed by atoms with van der Waals surface area (Å²) in [5, 5.41) is 1.38. The van der Waals surface area contributed by atoms with Gasteiger partial charge in [-0.3, -0.25) is 0 Å². The van der Waals surface area contributed by atoms with Gasteiger partial charge in [0.05, 0.1) is 15.8 Å². The highest BCUT2D eigenvalue weighted by Crippen LogP contribution is 2.63. The second-order valence-electron chi connectivity index (χ2n) is 13.9. The highest BCUT2D eigenvalue weighted by Gasteiger charge is 2.51. The lowest BCUT2D eigenvalue weighted by Gasteiger charge is -2.32. The summed E-state index contributed by atoms with van der Waals surface area (Å²) < 4.78 is 1.34. The molecule has 1 heterocycles. The first-order valence-corrected chi connectivity index (χ1v) is 18.7. The zero-order valence-corrected chi connectivity index (χ0v) is 28.8. The van der Waals surface area contributed by atoms with Crippen LogP contribution in [0.2, 0.25) is 0 Å². The summed E-state index contributed by atoms with van der Waals surface area (Å²) in [5.74, 6) is 0. The van der Waals surface area contributed by atoms with Gasteiger partial charge in [0, 0.05) is 16.3 Å². The Hall–Kier alpha value is -5.96. The molecule has 7 aromatic carbocycles. The van der Waals surface area contributed by atoms with Crippen LogP contribution in [-0.4, -0.2) is 0 Å². The molecule has 0 N–H and O–H groups in total. The van der Waals surface area contributed by atoms with Gasteiger partial charge in [0.15, 0.2) is 0 Å². The lowest BCUT2D eigenvalue weighted by molar-refractivity contribution is 0.793. The number of hydrogen-bond donors (Lipinski definition) is 0. The van der Waals surface area contributed by atoms with Gasteiger partial charge in [0.2, 0.25) is 0 Å². The highest BCUT2D eigenvalue weighted by atomic mass is 32.1. The summed E-state index contributed by atoms with van der Waals surface area (Å²) in [7, 11) is 0. The summed E-state index contributed by atoms with van der Waals surface area (Å²) >= 11 is 1.93. The normalized spacial score (nSPS) is 14.2. The van der Waals surface area contributed by atoms with Gasteiger partial charge in [-0.05, 0) is 116 Å². The molecule has 3 aliphatic carbocycles. The number of rotatable bonds is 4. The molecule has 11 rings (SSSR count). The number of allylic oxidation sites excluding steroid dienone is 1. The van der Waals surface area contributed by atoms with Gasteiger partial charge < -0.3 is 4.90 Å². The fourth-order valence-electron chi connectivity index (χ4n) is 9.24. The van der Waals surface area contributed by atoms with Crippen molar-refractivity contribution in [3.8, 4) is 33.4 Å². The van der Waals surface area contributed by atoms with Crippen LogP contribution in [0.25, 0.3) is 49.5 Å². The summed E-state index contributed by atoms with van der Waals surface area (Å²) in [6, 6.07) is 61.2. The molecule has 1 spiro atoms. The van der Waals surface area contributed by atoms with E-state index in [1.165, 1.54) is 87.5 Å². The van der Waals surface area contributed by atoms with E-state index in [1.807, 2.05) is 11.3 Å². The average Bonchev–Trinajstić information content (AvgIpc) is 3.83. The van der Waals surface area contributed by atoms with Gasteiger partial charge in [-0.15, -0.1) is 11.3 Å². The molecule has 1 aromatic heterocycles. The standard InChI is InChI=1S/C49H33NS/c1-2-13-32(14-3-1)33-25-27-34(28-26-33)50(46-23-12-19-41-40-18-7-11-24-47(40)51-48(41)46)35-29-30-39-38-17-6-10-22-44(38)49(45(39)31-35)42-20-8-4-15-36(42)37-16-5-9-21-43(37)49/h1-6,8-17,19-31H,7,18H2. The second kappa shape index (κ2) is 11.0. The molecule has 0 bridgehead atoms. The molecule has 240 valence electrons. The van der Waals surface area contributed by atoms with Crippen molar-refractivity contribution in [2.45, 2.75) is 18.3 Å². The van der Waals surface area contributed by atoms with Crippen molar-refractivity contribution in [3.63, 3.8) is 0 Å². The van der Waals surface area contributed by atoms with Crippen molar-refractivity contribution < 1.29 is 0 Å². The first-order valence-electron chi connectivity index (χ1n) is 17.9. The molecule has 0 fully saturated rings. The topological polar surface area (TPSA) is 3.24 Å². The largest absolute Gasteiger partial charge is 0.309 e. The molecule has 0 aliphatic heterocycles. The van der Waals surface area contributed by atoms with Gasteiger partial charge in [-0.2, -0.15) is 0 Å². The maximum Gasteiger partial charge on any atom is 0.0726 e. The Morgan fingerprint density at radius 1 is 0.490 bits per heavy atom. The van der Waals surface area contributed by atoms with Crippen LogP contribution in [0.4, 0.5) is 17.1 Å². The molecule has 51 heavy (non-hydrogen) atoms. The lowest BCUT2D eigenvalue weighted by Crippen LogP contribution is -2.26. The van der Waals surface area contributed by atoms with E-state index >= 15 is 0 Å². The third-order valence-electron chi connectivity index (χ3n) is 11.4. The number of fused-ring (bicyclic) bond motifs is 13. The van der Waals surface area contributed by atoms with Crippen molar-refractivity contribution in [1.29, 1.82) is 0 Å². The monoisotopic (exact) mass is 667 g/mol. The Morgan fingerprint density at radius 2 is 1.08 bits per heavy atom. The van der Waals surface area contributed by atoms with Crippen molar-refractivity contribution in [3.05, 3.63) is 203 Å². The molecule has 8 aromatic rings. The fourth-order valence-corrected chi connectivity index (χ4v) is 10.5. The van der Waals surface area contributed by atoms with E-state index in [2.05, 4.69) is 181 Å². The highest BCUT2D eigenvalue weighted by molar-refractivity contribution is 7.20. The summed E-state index contributed by atoms with van der Waals surface area (Å²) in [4.78, 5) is 3.90. The van der Waals surface area contributed by atoms with E-state index in [4.69, 9.17) is 0 Å². The summed E-state index contributed by atoms with van der Waals surface area (Å²) in [6.07, 6.45) is 6.85. The molecule has 0 saturated carbocycles. The van der Waals surface area contributed by atoms with Crippen LogP contribution in [0.5, 0.6) is 0 Å². The fraction of sp³-hybridized carbons (Fsp3) is 0.0612. The Balaban J connectivity index is 1.18. The molecular formula is C49H33NS. The third-order valence-corrected chi connectivity index (χ3v) is 12.6. The van der Waals surface area contributed by atoms with Crippen LogP contribution in [0.3, 0.4) is 0 Å². The molecule has 1 nitrogen and oxygen atoms in total. The van der Waals surface area contributed by atoms with E-state index in [1.54, 1.807) is 0 Å². The van der Waals surface area contributed by atoms with E-state index in [-0.39, 0.29) is 0 Å². The number of hydrogen-bond acceptors (Lipinski definition) is 2. The Bertz CT molecular complexity index is 2630. The molecule has 0 atom stereocenters. The van der Waals surface area contributed by atoms with Gasteiger partial charge >= 0.3 is 0 Å². The van der Waals surface area contributed by atoms with Gasteiger partial charge in [0.25, 0.3) is 0 Å². The molecule has 0 amide bonds. The van der Waals surface area contributed by atoms with Gasteiger partial charge in [-0.25, -0.2) is 0 Å². The second-order valence-corrected chi connectivity index (χ2v) is 15.0. The molecule has 2 heteroatoms. The van der Waals surface area contributed by atoms with E-state index < -0.39 is 5.41 Å². The Kier molecular flexibility index (Phi) is 6.23. The van der Waals surface area contributed by atoms with Gasteiger partial charge in [-0.1, -0.05) is 140 Å². The molecular weight excluding hydrogens is 635 g/mol. The first kappa shape index (κ1) is 28.8. The number of benzene rings is 7. The number of thiophene rings is 1. The minimum atomic E-state index is -0.392. The maximum atomic E-state index is 2.51. The van der Waals surface area contributed by atoms with Crippen molar-refractivity contribution in [2.24, 2.45) is 0 Å². The predicted molar refractivity (Wildman–Crippen MR) is 216 cm³/mol. The predicted octanol–water partition coefficient (Wildman–Crippen LogP) is 13.3. The van der Waals surface area contributed by atoms with Crippen molar-refractivity contribution in [2.75, 3.05) is 4.90 Å². The van der Waals surface area contributed by atoms with E-state index in [0.29, 0.717) is 0 Å².